The van der Waals surface area contributed by atoms with E-state index in [1.165, 1.54) is 37.4 Å². The Balaban J connectivity index is 1.95. The highest BCUT2D eigenvalue weighted by Gasteiger charge is 2.21. The SMILES string of the molecule is CCN1CCC(c2cnc(Cl)s2)CC1. The van der Waals surface area contributed by atoms with Crippen LogP contribution in [-0.2, 0) is 0 Å². The van der Waals surface area contributed by atoms with E-state index in [2.05, 4.69) is 16.8 Å². The fourth-order valence-corrected chi connectivity index (χ4v) is 3.11. The fraction of sp³-hybridized carbons (Fsp3) is 0.700. The number of aromatic nitrogens is 1. The molecule has 2 rings (SSSR count). The Morgan fingerprint density at radius 3 is 2.79 bits per heavy atom. The number of piperidine rings is 1. The number of hydrogen-bond donors (Lipinski definition) is 0. The van der Waals surface area contributed by atoms with Crippen LogP contribution in [0.3, 0.4) is 0 Å². The lowest BCUT2D eigenvalue weighted by atomic mass is 9.96. The van der Waals surface area contributed by atoms with Crippen molar-refractivity contribution in [2.75, 3.05) is 19.6 Å². The average molecular weight is 231 g/mol. The summed E-state index contributed by atoms with van der Waals surface area (Å²) in [6.45, 7) is 5.84. The lowest BCUT2D eigenvalue weighted by Gasteiger charge is -2.30. The summed E-state index contributed by atoms with van der Waals surface area (Å²) in [5.41, 5.74) is 0. The number of likely N-dealkylation sites (tertiary alicyclic amines) is 1. The van der Waals surface area contributed by atoms with Gasteiger partial charge in [0.05, 0.1) is 0 Å². The summed E-state index contributed by atoms with van der Waals surface area (Å²) in [5.74, 6) is 0.697. The zero-order valence-corrected chi connectivity index (χ0v) is 9.94. The van der Waals surface area contributed by atoms with E-state index in [1.54, 1.807) is 11.3 Å². The van der Waals surface area contributed by atoms with Crippen molar-refractivity contribution in [1.29, 1.82) is 0 Å². The Bertz CT molecular complexity index is 292. The normalized spacial score (nSPS) is 20.1. The molecular formula is C10H15ClN2S. The molecule has 1 aliphatic rings. The topological polar surface area (TPSA) is 16.1 Å². The predicted molar refractivity (Wildman–Crippen MR) is 61.2 cm³/mol. The molecule has 0 N–H and O–H groups in total. The first-order valence-corrected chi connectivity index (χ1v) is 6.32. The number of hydrogen-bond acceptors (Lipinski definition) is 3. The minimum Gasteiger partial charge on any atom is -0.304 e. The number of thiazole rings is 1. The Labute approximate surface area is 93.9 Å². The minimum atomic E-state index is 0.679. The first-order valence-electron chi connectivity index (χ1n) is 5.13. The second-order valence-corrected chi connectivity index (χ2v) is 5.37. The van der Waals surface area contributed by atoms with Gasteiger partial charge in [0.15, 0.2) is 4.47 Å². The second-order valence-electron chi connectivity index (χ2n) is 3.72. The van der Waals surface area contributed by atoms with Crippen LogP contribution < -0.4 is 0 Å². The van der Waals surface area contributed by atoms with Gasteiger partial charge in [0.25, 0.3) is 0 Å². The maximum Gasteiger partial charge on any atom is 0.183 e. The van der Waals surface area contributed by atoms with Gasteiger partial charge in [-0.25, -0.2) is 4.98 Å². The zero-order chi connectivity index (χ0) is 9.97. The molecule has 1 aromatic rings. The van der Waals surface area contributed by atoms with E-state index in [0.717, 1.165) is 0 Å². The van der Waals surface area contributed by atoms with E-state index in [4.69, 9.17) is 11.6 Å². The Morgan fingerprint density at radius 1 is 1.57 bits per heavy atom. The van der Waals surface area contributed by atoms with E-state index in [-0.39, 0.29) is 0 Å². The Hall–Kier alpha value is -0.120. The van der Waals surface area contributed by atoms with Crippen LogP contribution in [0.25, 0.3) is 0 Å². The van der Waals surface area contributed by atoms with E-state index in [1.807, 2.05) is 6.20 Å². The van der Waals surface area contributed by atoms with Gasteiger partial charge in [0, 0.05) is 11.1 Å². The molecule has 2 heterocycles. The van der Waals surface area contributed by atoms with Crippen molar-refractivity contribution >= 4 is 22.9 Å². The maximum atomic E-state index is 5.83. The standard InChI is InChI=1S/C10H15ClN2S/c1-2-13-5-3-8(4-6-13)9-7-12-10(11)14-9/h7-8H,2-6H2,1H3. The van der Waals surface area contributed by atoms with Crippen molar-refractivity contribution < 1.29 is 0 Å². The smallest absolute Gasteiger partial charge is 0.183 e. The van der Waals surface area contributed by atoms with Crippen LogP contribution in [0, 0.1) is 0 Å². The first kappa shape index (κ1) is 10.4. The van der Waals surface area contributed by atoms with Gasteiger partial charge in [-0.1, -0.05) is 18.5 Å². The highest BCUT2D eigenvalue weighted by atomic mass is 35.5. The van der Waals surface area contributed by atoms with Crippen molar-refractivity contribution in [1.82, 2.24) is 9.88 Å². The number of nitrogens with zero attached hydrogens (tertiary/aromatic N) is 2. The third-order valence-electron chi connectivity index (χ3n) is 2.93. The molecule has 0 amide bonds. The molecule has 0 bridgehead atoms. The van der Waals surface area contributed by atoms with E-state index >= 15 is 0 Å². The van der Waals surface area contributed by atoms with Crippen LogP contribution in [0.15, 0.2) is 6.20 Å². The number of rotatable bonds is 2. The molecule has 0 aromatic carbocycles. The summed E-state index contributed by atoms with van der Waals surface area (Å²) < 4.78 is 0.679. The zero-order valence-electron chi connectivity index (χ0n) is 8.37. The molecule has 0 aliphatic carbocycles. The van der Waals surface area contributed by atoms with Gasteiger partial charge in [-0.2, -0.15) is 0 Å². The second kappa shape index (κ2) is 4.60. The summed E-state index contributed by atoms with van der Waals surface area (Å²) in [6, 6.07) is 0. The highest BCUT2D eigenvalue weighted by molar-refractivity contribution is 7.15. The summed E-state index contributed by atoms with van der Waals surface area (Å²) in [5, 5.41) is 0. The summed E-state index contributed by atoms with van der Waals surface area (Å²) in [4.78, 5) is 7.97. The molecule has 14 heavy (non-hydrogen) atoms. The summed E-state index contributed by atoms with van der Waals surface area (Å²) >= 11 is 7.47. The third kappa shape index (κ3) is 2.27. The minimum absolute atomic E-state index is 0.679. The van der Waals surface area contributed by atoms with Gasteiger partial charge in [0.1, 0.15) is 0 Å². The lowest BCUT2D eigenvalue weighted by Crippen LogP contribution is -2.32. The van der Waals surface area contributed by atoms with Crippen molar-refractivity contribution in [2.45, 2.75) is 25.7 Å². The van der Waals surface area contributed by atoms with Crippen LogP contribution >= 0.6 is 22.9 Å². The molecule has 0 atom stereocenters. The molecule has 78 valence electrons. The highest BCUT2D eigenvalue weighted by Crippen LogP contribution is 2.32. The van der Waals surface area contributed by atoms with Crippen LogP contribution in [0.4, 0.5) is 0 Å². The first-order chi connectivity index (χ1) is 6.79. The Morgan fingerprint density at radius 2 is 2.29 bits per heavy atom. The monoisotopic (exact) mass is 230 g/mol. The molecular weight excluding hydrogens is 216 g/mol. The predicted octanol–water partition coefficient (Wildman–Crippen LogP) is 3.00. The molecule has 0 unspecified atom stereocenters. The van der Waals surface area contributed by atoms with E-state index < -0.39 is 0 Å². The van der Waals surface area contributed by atoms with Crippen molar-refractivity contribution in [3.05, 3.63) is 15.5 Å². The van der Waals surface area contributed by atoms with Crippen LogP contribution in [0.1, 0.15) is 30.6 Å². The van der Waals surface area contributed by atoms with E-state index in [0.29, 0.717) is 10.4 Å². The van der Waals surface area contributed by atoms with Crippen molar-refractivity contribution in [3.63, 3.8) is 0 Å². The molecule has 1 saturated heterocycles. The summed E-state index contributed by atoms with van der Waals surface area (Å²) in [7, 11) is 0. The molecule has 0 radical (unpaired) electrons. The van der Waals surface area contributed by atoms with E-state index in [9.17, 15) is 0 Å². The van der Waals surface area contributed by atoms with Gasteiger partial charge < -0.3 is 4.90 Å². The molecule has 0 saturated carbocycles. The third-order valence-corrected chi connectivity index (χ3v) is 4.21. The molecule has 1 fully saturated rings. The lowest BCUT2D eigenvalue weighted by molar-refractivity contribution is 0.223. The maximum absolute atomic E-state index is 5.83. The van der Waals surface area contributed by atoms with Gasteiger partial charge in [0.2, 0.25) is 0 Å². The van der Waals surface area contributed by atoms with Crippen LogP contribution in [0.5, 0.6) is 0 Å². The van der Waals surface area contributed by atoms with Crippen molar-refractivity contribution in [3.8, 4) is 0 Å². The van der Waals surface area contributed by atoms with Gasteiger partial charge in [-0.3, -0.25) is 0 Å². The largest absolute Gasteiger partial charge is 0.304 e. The van der Waals surface area contributed by atoms with Gasteiger partial charge >= 0.3 is 0 Å². The fourth-order valence-electron chi connectivity index (χ4n) is 1.99. The Kier molecular flexibility index (Phi) is 3.42. The molecule has 4 heteroatoms. The van der Waals surface area contributed by atoms with Gasteiger partial charge in [-0.15, -0.1) is 11.3 Å². The molecule has 1 aromatic heterocycles. The average Bonchev–Trinajstić information content (AvgIpc) is 2.65. The number of halogens is 1. The molecule has 1 aliphatic heterocycles. The van der Waals surface area contributed by atoms with Gasteiger partial charge in [-0.05, 0) is 38.4 Å². The van der Waals surface area contributed by atoms with Crippen LogP contribution in [0.2, 0.25) is 4.47 Å². The molecule has 2 nitrogen and oxygen atoms in total. The van der Waals surface area contributed by atoms with Crippen molar-refractivity contribution in [2.24, 2.45) is 0 Å². The summed E-state index contributed by atoms with van der Waals surface area (Å²) in [6.07, 6.45) is 4.46. The van der Waals surface area contributed by atoms with Crippen LogP contribution in [-0.4, -0.2) is 29.5 Å². The quantitative estimate of drug-likeness (QED) is 0.777. The molecule has 0 spiro atoms.